The maximum Gasteiger partial charge on any atom is 0.228 e. The first-order chi connectivity index (χ1) is 15.2. The van der Waals surface area contributed by atoms with E-state index in [0.717, 1.165) is 33.4 Å². The number of rotatable bonds is 6. The van der Waals surface area contributed by atoms with Crippen molar-refractivity contribution in [3.63, 3.8) is 0 Å². The molecular formula is C21H17FN8S. The lowest BCUT2D eigenvalue weighted by molar-refractivity contribution is 0.626. The quantitative estimate of drug-likeness (QED) is 0.404. The van der Waals surface area contributed by atoms with E-state index in [1.54, 1.807) is 41.0 Å². The highest BCUT2D eigenvalue weighted by Crippen LogP contribution is 2.24. The van der Waals surface area contributed by atoms with Crippen LogP contribution in [-0.2, 0) is 12.8 Å². The highest BCUT2D eigenvalue weighted by Gasteiger charge is 2.10. The van der Waals surface area contributed by atoms with Gasteiger partial charge in [0.15, 0.2) is 5.65 Å². The highest BCUT2D eigenvalue weighted by molar-refractivity contribution is 7.98. The number of benzene rings is 1. The Kier molecular flexibility index (Phi) is 5.04. The summed E-state index contributed by atoms with van der Waals surface area (Å²) in [5.41, 5.74) is 2.41. The summed E-state index contributed by atoms with van der Waals surface area (Å²) in [5.74, 6) is 2.48. The summed E-state index contributed by atoms with van der Waals surface area (Å²) in [6.07, 6.45) is 5.35. The summed E-state index contributed by atoms with van der Waals surface area (Å²) in [5, 5.41) is 15.9. The van der Waals surface area contributed by atoms with E-state index < -0.39 is 0 Å². The Balaban J connectivity index is 1.36. The van der Waals surface area contributed by atoms with Crippen molar-refractivity contribution in [1.29, 1.82) is 0 Å². The molecule has 4 aromatic heterocycles. The van der Waals surface area contributed by atoms with Crippen LogP contribution >= 0.6 is 11.8 Å². The summed E-state index contributed by atoms with van der Waals surface area (Å²) in [7, 11) is 1.84. The zero-order valence-corrected chi connectivity index (χ0v) is 17.3. The van der Waals surface area contributed by atoms with Gasteiger partial charge in [0, 0.05) is 36.0 Å². The fourth-order valence-electron chi connectivity index (χ4n) is 3.07. The summed E-state index contributed by atoms with van der Waals surface area (Å²) >= 11 is 1.58. The van der Waals surface area contributed by atoms with Crippen LogP contribution in [0.5, 0.6) is 0 Å². The number of aromatic nitrogens is 7. The van der Waals surface area contributed by atoms with Gasteiger partial charge in [-0.1, -0.05) is 0 Å². The molecule has 0 spiro atoms. The molecular weight excluding hydrogens is 415 g/mol. The number of thioether (sulfide) groups is 1. The van der Waals surface area contributed by atoms with Crippen LogP contribution in [0.25, 0.3) is 16.9 Å². The molecule has 10 heteroatoms. The van der Waals surface area contributed by atoms with E-state index >= 15 is 0 Å². The molecule has 31 heavy (non-hydrogen) atoms. The van der Waals surface area contributed by atoms with E-state index in [-0.39, 0.29) is 5.82 Å². The maximum atomic E-state index is 13.1. The van der Waals surface area contributed by atoms with Gasteiger partial charge < -0.3 is 5.32 Å². The lowest BCUT2D eigenvalue weighted by atomic mass is 10.2. The third-order valence-corrected chi connectivity index (χ3v) is 5.68. The Morgan fingerprint density at radius 2 is 1.90 bits per heavy atom. The fourth-order valence-corrected chi connectivity index (χ4v) is 3.89. The second-order valence-electron chi connectivity index (χ2n) is 6.73. The Hall–Kier alpha value is -3.79. The molecule has 0 fully saturated rings. The van der Waals surface area contributed by atoms with E-state index in [1.807, 2.05) is 41.9 Å². The predicted molar refractivity (Wildman–Crippen MR) is 116 cm³/mol. The Labute approximate surface area is 181 Å². The first-order valence-electron chi connectivity index (χ1n) is 9.46. The number of hydrogen-bond acceptors (Lipinski definition) is 7. The first kappa shape index (κ1) is 19.2. The second-order valence-corrected chi connectivity index (χ2v) is 7.78. The van der Waals surface area contributed by atoms with Crippen LogP contribution in [0.1, 0.15) is 5.82 Å². The SMILES string of the molecule is Cn1nccc1Nc1nccc(-c2ccn3c(CSc4ccc(F)cc4)nnc3c2)n1. The van der Waals surface area contributed by atoms with Crippen LogP contribution in [0.15, 0.2) is 72.0 Å². The molecule has 0 aliphatic rings. The summed E-state index contributed by atoms with van der Waals surface area (Å²) in [4.78, 5) is 9.86. The molecule has 154 valence electrons. The van der Waals surface area contributed by atoms with Crippen LogP contribution in [0.2, 0.25) is 0 Å². The average molecular weight is 432 g/mol. The van der Waals surface area contributed by atoms with Crippen LogP contribution in [0.3, 0.4) is 0 Å². The van der Waals surface area contributed by atoms with Crippen molar-refractivity contribution in [2.75, 3.05) is 5.32 Å². The number of pyridine rings is 1. The highest BCUT2D eigenvalue weighted by atomic mass is 32.2. The molecule has 1 aromatic carbocycles. The van der Waals surface area contributed by atoms with Gasteiger partial charge in [0.25, 0.3) is 0 Å². The van der Waals surface area contributed by atoms with Gasteiger partial charge in [-0.2, -0.15) is 5.10 Å². The van der Waals surface area contributed by atoms with E-state index in [2.05, 4.69) is 30.6 Å². The first-order valence-corrected chi connectivity index (χ1v) is 10.4. The number of nitrogens with zero attached hydrogens (tertiary/aromatic N) is 7. The van der Waals surface area contributed by atoms with Crippen LogP contribution in [0, 0.1) is 5.82 Å². The van der Waals surface area contributed by atoms with Crippen molar-refractivity contribution in [2.24, 2.45) is 7.05 Å². The predicted octanol–water partition coefficient (Wildman–Crippen LogP) is 4.09. The number of halogens is 1. The van der Waals surface area contributed by atoms with Crippen molar-refractivity contribution < 1.29 is 4.39 Å². The van der Waals surface area contributed by atoms with Gasteiger partial charge in [-0.25, -0.2) is 14.4 Å². The molecule has 5 rings (SSSR count). The fraction of sp³-hybridized carbons (Fsp3) is 0.0952. The second kappa shape index (κ2) is 8.15. The molecule has 0 amide bonds. The third-order valence-electron chi connectivity index (χ3n) is 4.67. The minimum absolute atomic E-state index is 0.242. The Morgan fingerprint density at radius 1 is 1.03 bits per heavy atom. The third kappa shape index (κ3) is 4.10. The molecule has 5 aromatic rings. The van der Waals surface area contributed by atoms with E-state index in [4.69, 9.17) is 0 Å². The molecule has 0 bridgehead atoms. The maximum absolute atomic E-state index is 13.1. The van der Waals surface area contributed by atoms with Gasteiger partial charge in [0.2, 0.25) is 5.95 Å². The lowest BCUT2D eigenvalue weighted by Gasteiger charge is -2.07. The van der Waals surface area contributed by atoms with E-state index in [1.165, 1.54) is 12.1 Å². The largest absolute Gasteiger partial charge is 0.309 e. The Morgan fingerprint density at radius 3 is 2.71 bits per heavy atom. The van der Waals surface area contributed by atoms with E-state index in [0.29, 0.717) is 11.7 Å². The standard InChI is InChI=1S/C21H17FN8S/c1-29-18(7-10-24-29)26-21-23-9-6-17(25-21)14-8-11-30-19(12-14)27-28-20(30)13-31-16-4-2-15(22)3-5-16/h2-12H,13H2,1H3,(H,23,25,26). The molecule has 0 saturated carbocycles. The molecule has 0 aliphatic heterocycles. The van der Waals surface area contributed by atoms with Gasteiger partial charge >= 0.3 is 0 Å². The van der Waals surface area contributed by atoms with Crippen LogP contribution in [0.4, 0.5) is 16.2 Å². The minimum atomic E-state index is -0.242. The molecule has 0 radical (unpaired) electrons. The van der Waals surface area contributed by atoms with Crippen molar-refractivity contribution in [3.8, 4) is 11.3 Å². The number of aryl methyl sites for hydroxylation is 1. The number of fused-ring (bicyclic) bond motifs is 1. The number of hydrogen-bond donors (Lipinski definition) is 1. The number of anilines is 2. The van der Waals surface area contributed by atoms with Crippen LogP contribution in [-0.4, -0.2) is 34.3 Å². The molecule has 0 aliphatic carbocycles. The van der Waals surface area contributed by atoms with Gasteiger partial charge in [0.1, 0.15) is 17.5 Å². The normalized spacial score (nSPS) is 11.2. The lowest BCUT2D eigenvalue weighted by Crippen LogP contribution is -2.03. The van der Waals surface area contributed by atoms with Crippen molar-refractivity contribution in [2.45, 2.75) is 10.6 Å². The molecule has 0 saturated heterocycles. The average Bonchev–Trinajstić information content (AvgIpc) is 3.39. The topological polar surface area (TPSA) is 85.8 Å². The number of nitrogens with one attached hydrogen (secondary N) is 1. The zero-order chi connectivity index (χ0) is 21.2. The molecule has 8 nitrogen and oxygen atoms in total. The summed E-state index contributed by atoms with van der Waals surface area (Å²) < 4.78 is 16.7. The van der Waals surface area contributed by atoms with Gasteiger partial charge in [0.05, 0.1) is 17.6 Å². The van der Waals surface area contributed by atoms with Gasteiger partial charge in [-0.05, 0) is 42.5 Å². The van der Waals surface area contributed by atoms with Gasteiger partial charge in [-0.3, -0.25) is 9.08 Å². The van der Waals surface area contributed by atoms with Crippen molar-refractivity contribution in [3.05, 3.63) is 78.8 Å². The minimum Gasteiger partial charge on any atom is -0.309 e. The van der Waals surface area contributed by atoms with Gasteiger partial charge in [-0.15, -0.1) is 22.0 Å². The zero-order valence-electron chi connectivity index (χ0n) is 16.5. The van der Waals surface area contributed by atoms with E-state index in [9.17, 15) is 4.39 Å². The van der Waals surface area contributed by atoms with Crippen LogP contribution < -0.4 is 5.32 Å². The summed E-state index contributed by atoms with van der Waals surface area (Å²) in [6, 6.07) is 14.0. The monoisotopic (exact) mass is 432 g/mol. The molecule has 0 atom stereocenters. The molecule has 0 unspecified atom stereocenters. The molecule has 4 heterocycles. The molecule has 1 N–H and O–H groups in total. The van der Waals surface area contributed by atoms with Crippen molar-refractivity contribution in [1.82, 2.24) is 34.3 Å². The van der Waals surface area contributed by atoms with Crippen molar-refractivity contribution >= 4 is 29.2 Å². The Bertz CT molecular complexity index is 1350. The smallest absolute Gasteiger partial charge is 0.228 e. The summed E-state index contributed by atoms with van der Waals surface area (Å²) in [6.45, 7) is 0.